The van der Waals surface area contributed by atoms with Gasteiger partial charge in [-0.25, -0.2) is 4.79 Å². The van der Waals surface area contributed by atoms with Crippen LogP contribution >= 0.6 is 24.0 Å². The van der Waals surface area contributed by atoms with E-state index >= 15 is 0 Å². The fourth-order valence-electron chi connectivity index (χ4n) is 3.92. The second-order valence-corrected chi connectivity index (χ2v) is 10.4. The summed E-state index contributed by atoms with van der Waals surface area (Å²) >= 11 is 6.45. The highest BCUT2D eigenvalue weighted by atomic mass is 32.2. The van der Waals surface area contributed by atoms with Crippen molar-refractivity contribution in [3.8, 4) is 0 Å². The van der Waals surface area contributed by atoms with Gasteiger partial charge in [-0.05, 0) is 53.1 Å². The predicted octanol–water partition coefficient (Wildman–Crippen LogP) is 5.44. The first kappa shape index (κ1) is 27.7. The minimum absolute atomic E-state index is 0.148. The molecule has 39 heavy (non-hydrogen) atoms. The summed E-state index contributed by atoms with van der Waals surface area (Å²) in [6.07, 6.45) is 4.98. The number of rotatable bonds is 9. The van der Waals surface area contributed by atoms with Gasteiger partial charge in [-0.15, -0.1) is 0 Å². The molecule has 1 fully saturated rings. The Morgan fingerprint density at radius 1 is 0.974 bits per heavy atom. The maximum Gasteiger partial charge on any atom is 0.327 e. The number of hydrogen-bond donors (Lipinski definition) is 2. The van der Waals surface area contributed by atoms with E-state index in [2.05, 4.69) is 5.32 Å². The van der Waals surface area contributed by atoms with Crippen molar-refractivity contribution in [3.63, 3.8) is 0 Å². The molecule has 7 nitrogen and oxygen atoms in total. The third-order valence-electron chi connectivity index (χ3n) is 5.84. The first-order valence-electron chi connectivity index (χ1n) is 11.9. The van der Waals surface area contributed by atoms with E-state index in [1.165, 1.54) is 17.9 Å². The van der Waals surface area contributed by atoms with Crippen molar-refractivity contribution in [1.29, 1.82) is 0 Å². The maximum atomic E-state index is 13.1. The molecular formula is C30H24N2O5S2. The first-order chi connectivity index (χ1) is 18.7. The Bertz CT molecular complexity index is 1480. The number of aliphatic carboxylic acids is 1. The lowest BCUT2D eigenvalue weighted by molar-refractivity contribution is -0.145. The molecule has 4 rings (SSSR count). The number of ketones is 1. The summed E-state index contributed by atoms with van der Waals surface area (Å²) in [5.41, 5.74) is 3.43. The van der Waals surface area contributed by atoms with Crippen LogP contribution in [0.2, 0.25) is 0 Å². The van der Waals surface area contributed by atoms with Gasteiger partial charge in [-0.1, -0.05) is 84.7 Å². The molecule has 3 aromatic carbocycles. The molecule has 1 heterocycles. The number of amides is 2. The topological polar surface area (TPSA) is 104 Å². The van der Waals surface area contributed by atoms with Crippen molar-refractivity contribution in [2.24, 2.45) is 0 Å². The zero-order valence-electron chi connectivity index (χ0n) is 20.9. The lowest BCUT2D eigenvalue weighted by Crippen LogP contribution is -2.45. The molecule has 0 unspecified atom stereocenters. The van der Waals surface area contributed by atoms with Crippen LogP contribution in [0.3, 0.4) is 0 Å². The zero-order valence-corrected chi connectivity index (χ0v) is 22.5. The molecule has 1 aliphatic rings. The van der Waals surface area contributed by atoms with Crippen molar-refractivity contribution in [1.82, 2.24) is 4.90 Å². The quantitative estimate of drug-likeness (QED) is 0.206. The molecule has 0 aliphatic carbocycles. The van der Waals surface area contributed by atoms with Gasteiger partial charge in [0.15, 0.2) is 5.78 Å². The molecule has 1 saturated heterocycles. The fraction of sp³-hybridized carbons (Fsp3) is 0.100. The molecule has 3 aromatic rings. The van der Waals surface area contributed by atoms with Gasteiger partial charge in [0, 0.05) is 24.6 Å². The monoisotopic (exact) mass is 556 g/mol. The van der Waals surface area contributed by atoms with E-state index in [1.54, 1.807) is 48.6 Å². The number of thioether (sulfide) groups is 1. The van der Waals surface area contributed by atoms with Crippen LogP contribution in [-0.2, 0) is 20.8 Å². The molecule has 0 saturated carbocycles. The Morgan fingerprint density at radius 2 is 1.62 bits per heavy atom. The summed E-state index contributed by atoms with van der Waals surface area (Å²) in [4.78, 5) is 50.3. The van der Waals surface area contributed by atoms with Gasteiger partial charge in [0.05, 0.1) is 4.91 Å². The van der Waals surface area contributed by atoms with Crippen LogP contribution in [0, 0.1) is 0 Å². The summed E-state index contributed by atoms with van der Waals surface area (Å²) in [7, 11) is 0. The average Bonchev–Trinajstić information content (AvgIpc) is 3.19. The lowest BCUT2D eigenvalue weighted by atomic mass is 10.0. The highest BCUT2D eigenvalue weighted by Gasteiger charge is 2.40. The van der Waals surface area contributed by atoms with Gasteiger partial charge in [0.25, 0.3) is 5.91 Å². The SMILES string of the molecule is CC(=O)Nc1ccc(C(=O)/C=C/c2ccc(/C=C3\SC(=S)N([C@@H](Cc4ccccc4)C(=O)O)C3=O)cc2)cc1. The van der Waals surface area contributed by atoms with Crippen LogP contribution in [0.4, 0.5) is 5.69 Å². The van der Waals surface area contributed by atoms with E-state index < -0.39 is 17.9 Å². The van der Waals surface area contributed by atoms with E-state index in [9.17, 15) is 24.3 Å². The largest absolute Gasteiger partial charge is 0.480 e. The number of carbonyl (C=O) groups is 4. The van der Waals surface area contributed by atoms with Gasteiger partial charge in [-0.3, -0.25) is 19.3 Å². The predicted molar refractivity (Wildman–Crippen MR) is 157 cm³/mol. The molecule has 1 aliphatic heterocycles. The fourth-order valence-corrected chi connectivity index (χ4v) is 5.28. The van der Waals surface area contributed by atoms with Crippen LogP contribution in [0.25, 0.3) is 12.2 Å². The molecule has 2 N–H and O–H groups in total. The summed E-state index contributed by atoms with van der Waals surface area (Å²) in [6, 6.07) is 21.9. The number of carboxylic acid groups (broad SMARTS) is 1. The number of thiocarbonyl (C=S) groups is 1. The zero-order chi connectivity index (χ0) is 27.9. The molecule has 196 valence electrons. The highest BCUT2D eigenvalue weighted by molar-refractivity contribution is 8.26. The number of carboxylic acids is 1. The van der Waals surface area contributed by atoms with Crippen molar-refractivity contribution in [2.45, 2.75) is 19.4 Å². The molecule has 0 spiro atoms. The van der Waals surface area contributed by atoms with Gasteiger partial charge in [0.2, 0.25) is 5.91 Å². The van der Waals surface area contributed by atoms with Crippen LogP contribution in [0.15, 0.2) is 89.8 Å². The van der Waals surface area contributed by atoms with E-state index in [4.69, 9.17) is 12.2 Å². The van der Waals surface area contributed by atoms with Crippen molar-refractivity contribution in [2.75, 3.05) is 5.32 Å². The smallest absolute Gasteiger partial charge is 0.327 e. The third kappa shape index (κ3) is 7.16. The second kappa shape index (κ2) is 12.5. The van der Waals surface area contributed by atoms with E-state index in [-0.39, 0.29) is 22.4 Å². The van der Waals surface area contributed by atoms with Crippen molar-refractivity contribution >= 4 is 69.7 Å². The Kier molecular flexibility index (Phi) is 8.85. The number of hydrogen-bond acceptors (Lipinski definition) is 6. The third-order valence-corrected chi connectivity index (χ3v) is 7.17. The van der Waals surface area contributed by atoms with Crippen molar-refractivity contribution in [3.05, 3.63) is 112 Å². The Balaban J connectivity index is 1.43. The maximum absolute atomic E-state index is 13.1. The van der Waals surface area contributed by atoms with Crippen LogP contribution in [0.1, 0.15) is 34.0 Å². The van der Waals surface area contributed by atoms with E-state index in [0.717, 1.165) is 28.5 Å². The van der Waals surface area contributed by atoms with Crippen molar-refractivity contribution < 1.29 is 24.3 Å². The van der Waals surface area contributed by atoms with Crippen LogP contribution in [-0.4, -0.2) is 43.9 Å². The minimum atomic E-state index is -1.12. The first-order valence-corrected chi connectivity index (χ1v) is 13.2. The Labute approximate surface area is 235 Å². The number of nitrogens with one attached hydrogen (secondary N) is 1. The normalized spacial score (nSPS) is 15.1. The summed E-state index contributed by atoms with van der Waals surface area (Å²) in [6.45, 7) is 1.42. The van der Waals surface area contributed by atoms with Gasteiger partial charge in [0.1, 0.15) is 10.4 Å². The standard InChI is InChI=1S/C30H24N2O5S2/c1-19(33)31-24-14-12-23(13-15-24)26(34)16-11-20-7-9-22(10-8-20)18-27-28(35)32(30(38)39-27)25(29(36)37)17-21-5-3-2-4-6-21/h2-16,18,25H,17H2,1H3,(H,31,33)(H,36,37)/b16-11+,27-18-/t25-/m0/s1. The van der Waals surface area contributed by atoms with Gasteiger partial charge in [-0.2, -0.15) is 0 Å². The molecule has 0 radical (unpaired) electrons. The number of carbonyl (C=O) groups excluding carboxylic acids is 3. The molecule has 1 atom stereocenters. The van der Waals surface area contributed by atoms with Crippen LogP contribution in [0.5, 0.6) is 0 Å². The Hall–Kier alpha value is -4.34. The molecule has 9 heteroatoms. The highest BCUT2D eigenvalue weighted by Crippen LogP contribution is 2.34. The van der Waals surface area contributed by atoms with E-state index in [1.807, 2.05) is 42.5 Å². The lowest BCUT2D eigenvalue weighted by Gasteiger charge is -2.23. The van der Waals surface area contributed by atoms with E-state index in [0.29, 0.717) is 16.2 Å². The molecule has 2 amide bonds. The Morgan fingerprint density at radius 3 is 2.23 bits per heavy atom. The number of benzene rings is 3. The molecule has 0 aromatic heterocycles. The van der Waals surface area contributed by atoms with Gasteiger partial charge >= 0.3 is 5.97 Å². The van der Waals surface area contributed by atoms with Gasteiger partial charge < -0.3 is 10.4 Å². The summed E-state index contributed by atoms with van der Waals surface area (Å²) in [5, 5.41) is 12.5. The van der Waals surface area contributed by atoms with Crippen LogP contribution < -0.4 is 5.32 Å². The average molecular weight is 557 g/mol. The minimum Gasteiger partial charge on any atom is -0.480 e. The second-order valence-electron chi connectivity index (χ2n) is 8.72. The number of anilines is 1. The number of allylic oxidation sites excluding steroid dienone is 1. The summed E-state index contributed by atoms with van der Waals surface area (Å²) < 4.78 is 0.206. The number of nitrogens with zero attached hydrogens (tertiary/aromatic N) is 1. The molecule has 0 bridgehead atoms. The summed E-state index contributed by atoms with van der Waals surface area (Å²) in [5.74, 6) is -1.92. The molecular weight excluding hydrogens is 532 g/mol.